The Kier molecular flexibility index (Phi) is 6.13. The number of carbonyl (C=O) groups is 1. The second kappa shape index (κ2) is 8.31. The van der Waals surface area contributed by atoms with Crippen molar-refractivity contribution in [1.82, 2.24) is 0 Å². The van der Waals surface area contributed by atoms with Gasteiger partial charge in [0.15, 0.2) is 0 Å². The third kappa shape index (κ3) is 4.41. The first-order valence-corrected chi connectivity index (χ1v) is 8.33. The van der Waals surface area contributed by atoms with Crippen molar-refractivity contribution in [3.8, 4) is 23.0 Å². The van der Waals surface area contributed by atoms with Crippen LogP contribution < -0.4 is 0 Å². The van der Waals surface area contributed by atoms with Crippen LogP contribution in [0.4, 0.5) is 0 Å². The van der Waals surface area contributed by atoms with Gasteiger partial charge in [-0.3, -0.25) is 4.79 Å². The van der Waals surface area contributed by atoms with E-state index in [9.17, 15) is 25.2 Å². The molecule has 0 amide bonds. The highest BCUT2D eigenvalue weighted by Crippen LogP contribution is 2.46. The highest BCUT2D eigenvalue weighted by atomic mass is 16.5. The third-order valence-corrected chi connectivity index (χ3v) is 3.80. The zero-order chi connectivity index (χ0) is 20.1. The number of hydrogen-bond acceptors (Lipinski definition) is 6. The minimum Gasteiger partial charge on any atom is -0.507 e. The van der Waals surface area contributed by atoms with Gasteiger partial charge in [0.25, 0.3) is 0 Å². The summed E-state index contributed by atoms with van der Waals surface area (Å²) in [6.45, 7) is 7.24. The van der Waals surface area contributed by atoms with E-state index in [2.05, 4.69) is 6.58 Å². The van der Waals surface area contributed by atoms with Crippen LogP contribution in [0.5, 0.6) is 23.0 Å². The molecule has 0 saturated heterocycles. The largest absolute Gasteiger partial charge is 0.507 e. The van der Waals surface area contributed by atoms with Gasteiger partial charge < -0.3 is 25.2 Å². The Hall–Kier alpha value is -3.41. The Labute approximate surface area is 157 Å². The van der Waals surface area contributed by atoms with E-state index in [0.29, 0.717) is 6.42 Å². The van der Waals surface area contributed by atoms with E-state index < -0.39 is 11.7 Å². The summed E-state index contributed by atoms with van der Waals surface area (Å²) < 4.78 is 5.36. The highest BCUT2D eigenvalue weighted by molar-refractivity contribution is 6.04. The van der Waals surface area contributed by atoms with Gasteiger partial charge in [0, 0.05) is 6.42 Å². The van der Waals surface area contributed by atoms with E-state index in [0.717, 1.165) is 5.57 Å². The van der Waals surface area contributed by atoms with Crippen molar-refractivity contribution < 1.29 is 30.0 Å². The van der Waals surface area contributed by atoms with Crippen LogP contribution in [0.25, 0.3) is 16.5 Å². The molecular weight excluding hydrogens is 348 g/mol. The van der Waals surface area contributed by atoms with Gasteiger partial charge in [-0.1, -0.05) is 17.7 Å². The van der Waals surface area contributed by atoms with Crippen molar-refractivity contribution in [1.29, 1.82) is 0 Å². The first kappa shape index (κ1) is 19.9. The molecule has 4 N–H and O–H groups in total. The summed E-state index contributed by atoms with van der Waals surface area (Å²) in [7, 11) is 0. The molecule has 0 unspecified atom stereocenters. The molecule has 2 rings (SSSR count). The fourth-order valence-corrected chi connectivity index (χ4v) is 2.49. The zero-order valence-electron chi connectivity index (χ0n) is 15.2. The van der Waals surface area contributed by atoms with E-state index in [1.807, 2.05) is 13.8 Å². The fraction of sp³-hybridized carbons (Fsp3) is 0.190. The quantitative estimate of drug-likeness (QED) is 0.196. The second-order valence-electron chi connectivity index (χ2n) is 6.22. The number of esters is 1. The molecule has 0 atom stereocenters. The normalized spacial score (nSPS) is 11.3. The highest BCUT2D eigenvalue weighted by Gasteiger charge is 2.21. The number of hydrogen-bond donors (Lipinski definition) is 4. The van der Waals surface area contributed by atoms with E-state index in [1.54, 1.807) is 12.2 Å². The van der Waals surface area contributed by atoms with Crippen LogP contribution >= 0.6 is 0 Å². The molecule has 0 bridgehead atoms. The average Bonchev–Trinajstić information content (AvgIpc) is 2.61. The summed E-state index contributed by atoms with van der Waals surface area (Å²) in [6.07, 6.45) is 5.28. The van der Waals surface area contributed by atoms with Crippen LogP contribution in [0.15, 0.2) is 48.6 Å². The van der Waals surface area contributed by atoms with Crippen molar-refractivity contribution in [3.05, 3.63) is 54.1 Å². The fourth-order valence-electron chi connectivity index (χ4n) is 2.49. The van der Waals surface area contributed by atoms with Gasteiger partial charge in [-0.25, -0.2) is 0 Å². The van der Waals surface area contributed by atoms with Crippen LogP contribution in [0.1, 0.15) is 32.3 Å². The Morgan fingerprint density at radius 1 is 1.04 bits per heavy atom. The lowest BCUT2D eigenvalue weighted by molar-refractivity contribution is -0.136. The van der Waals surface area contributed by atoms with Crippen molar-refractivity contribution >= 4 is 22.5 Å². The average molecular weight is 370 g/mol. The van der Waals surface area contributed by atoms with Gasteiger partial charge in [-0.05, 0) is 44.5 Å². The number of phenols is 4. The van der Waals surface area contributed by atoms with Crippen molar-refractivity contribution in [2.75, 3.05) is 0 Å². The van der Waals surface area contributed by atoms with Gasteiger partial charge in [0.05, 0.1) is 16.3 Å². The molecule has 0 spiro atoms. The third-order valence-electron chi connectivity index (χ3n) is 3.80. The summed E-state index contributed by atoms with van der Waals surface area (Å²) >= 11 is 0. The molecule has 0 aliphatic rings. The van der Waals surface area contributed by atoms with Crippen molar-refractivity contribution in [2.24, 2.45) is 0 Å². The predicted molar refractivity (Wildman–Crippen MR) is 104 cm³/mol. The predicted octanol–water partition coefficient (Wildman–Crippen LogP) is 4.48. The molecule has 6 heteroatoms. The lowest BCUT2D eigenvalue weighted by Gasteiger charge is -2.14. The van der Waals surface area contributed by atoms with Gasteiger partial charge in [0.1, 0.15) is 28.8 Å². The van der Waals surface area contributed by atoms with E-state index in [1.165, 1.54) is 24.3 Å². The molecule has 27 heavy (non-hydrogen) atoms. The van der Waals surface area contributed by atoms with E-state index in [4.69, 9.17) is 4.74 Å². The minimum absolute atomic E-state index is 0.00250. The standard InChI is InChI=1S/C21H22O6/c1-4-5-6-18(25)27-17(10-7-12(2)3)13-11-16(24)19-14(22)8-9-15(23)20(19)21(13)26/h4,7-11,22-24,26H,1,5-6H2,2-3H3/b17-10-. The zero-order valence-corrected chi connectivity index (χ0v) is 15.2. The molecule has 0 fully saturated rings. The Bertz CT molecular complexity index is 949. The second-order valence-corrected chi connectivity index (χ2v) is 6.22. The van der Waals surface area contributed by atoms with Crippen LogP contribution in [-0.2, 0) is 9.53 Å². The first-order valence-electron chi connectivity index (χ1n) is 8.33. The van der Waals surface area contributed by atoms with Crippen molar-refractivity contribution in [3.63, 3.8) is 0 Å². The molecular formula is C21H22O6. The SMILES string of the molecule is C=CCCC(=O)O/C(=C\C=C(C)C)c1cc(O)c2c(O)ccc(O)c2c1O. The molecule has 6 nitrogen and oxygen atoms in total. The molecule has 0 heterocycles. The number of carbonyl (C=O) groups excluding carboxylic acids is 1. The van der Waals surface area contributed by atoms with Gasteiger partial charge >= 0.3 is 5.97 Å². The number of phenolic OH excluding ortho intramolecular Hbond substituents is 4. The van der Waals surface area contributed by atoms with Crippen LogP contribution in [-0.4, -0.2) is 26.4 Å². The molecule has 0 aromatic heterocycles. The first-order chi connectivity index (χ1) is 12.8. The molecule has 142 valence electrons. The van der Waals surface area contributed by atoms with Crippen LogP contribution in [0.3, 0.4) is 0 Å². The lowest BCUT2D eigenvalue weighted by atomic mass is 10.0. The van der Waals surface area contributed by atoms with Gasteiger partial charge in [-0.2, -0.15) is 0 Å². The summed E-state index contributed by atoms with van der Waals surface area (Å²) in [6, 6.07) is 3.56. The smallest absolute Gasteiger partial charge is 0.311 e. The lowest BCUT2D eigenvalue weighted by Crippen LogP contribution is -2.04. The van der Waals surface area contributed by atoms with E-state index >= 15 is 0 Å². The van der Waals surface area contributed by atoms with Crippen LogP contribution in [0, 0.1) is 0 Å². The monoisotopic (exact) mass is 370 g/mol. The summed E-state index contributed by atoms with van der Waals surface area (Å²) in [5.41, 5.74) is 0.921. The maximum Gasteiger partial charge on any atom is 0.311 e. The molecule has 2 aromatic carbocycles. The number of benzene rings is 2. The number of aromatic hydroxyl groups is 4. The number of fused-ring (bicyclic) bond motifs is 1. The topological polar surface area (TPSA) is 107 Å². The molecule has 2 aromatic rings. The number of ether oxygens (including phenoxy) is 1. The summed E-state index contributed by atoms with van der Waals surface area (Å²) in [4.78, 5) is 12.0. The van der Waals surface area contributed by atoms with Gasteiger partial charge in [0.2, 0.25) is 0 Å². The Morgan fingerprint density at radius 3 is 2.26 bits per heavy atom. The molecule has 0 aliphatic heterocycles. The summed E-state index contributed by atoms with van der Waals surface area (Å²) in [5.74, 6) is -1.99. The molecule has 0 saturated carbocycles. The summed E-state index contributed by atoms with van der Waals surface area (Å²) in [5, 5.41) is 40.8. The maximum atomic E-state index is 12.0. The van der Waals surface area contributed by atoms with Crippen molar-refractivity contribution in [2.45, 2.75) is 26.7 Å². The molecule has 0 aliphatic carbocycles. The maximum absolute atomic E-state index is 12.0. The minimum atomic E-state index is -0.539. The number of rotatable bonds is 6. The molecule has 0 radical (unpaired) electrons. The van der Waals surface area contributed by atoms with E-state index in [-0.39, 0.29) is 45.8 Å². The Balaban J connectivity index is 2.67. The van der Waals surface area contributed by atoms with Crippen LogP contribution in [0.2, 0.25) is 0 Å². The number of allylic oxidation sites excluding steroid dienone is 4. The van der Waals surface area contributed by atoms with Gasteiger partial charge in [-0.15, -0.1) is 6.58 Å². The Morgan fingerprint density at radius 2 is 1.67 bits per heavy atom.